The number of rotatable bonds is 11. The SMILES string of the molecule is CCCCOCCCn1nnnc1CNCCC. The van der Waals surface area contributed by atoms with Gasteiger partial charge in [0.25, 0.3) is 0 Å². The summed E-state index contributed by atoms with van der Waals surface area (Å²) in [6.07, 6.45) is 4.39. The second kappa shape index (κ2) is 9.96. The number of nitrogens with one attached hydrogen (secondary N) is 1. The highest BCUT2D eigenvalue weighted by Gasteiger charge is 2.04. The van der Waals surface area contributed by atoms with Crippen LogP contribution in [0.1, 0.15) is 45.4 Å². The molecule has 0 saturated heterocycles. The lowest BCUT2D eigenvalue weighted by Crippen LogP contribution is -2.18. The van der Waals surface area contributed by atoms with E-state index in [1.54, 1.807) is 0 Å². The molecule has 0 spiro atoms. The highest BCUT2D eigenvalue weighted by atomic mass is 16.5. The van der Waals surface area contributed by atoms with Gasteiger partial charge in [-0.2, -0.15) is 0 Å². The highest BCUT2D eigenvalue weighted by Crippen LogP contribution is 1.96. The van der Waals surface area contributed by atoms with Gasteiger partial charge in [-0.1, -0.05) is 20.3 Å². The molecule has 0 aliphatic heterocycles. The van der Waals surface area contributed by atoms with Crippen molar-refractivity contribution in [2.75, 3.05) is 19.8 Å². The van der Waals surface area contributed by atoms with Crippen LogP contribution in [0.4, 0.5) is 0 Å². The summed E-state index contributed by atoms with van der Waals surface area (Å²) in [7, 11) is 0. The number of aromatic nitrogens is 4. The van der Waals surface area contributed by atoms with Gasteiger partial charge in [-0.25, -0.2) is 4.68 Å². The van der Waals surface area contributed by atoms with E-state index in [4.69, 9.17) is 4.74 Å². The van der Waals surface area contributed by atoms with Crippen LogP contribution in [0.2, 0.25) is 0 Å². The summed E-state index contributed by atoms with van der Waals surface area (Å²) in [5, 5.41) is 15.0. The second-order valence-electron chi connectivity index (χ2n) is 4.31. The molecule has 1 aromatic heterocycles. The van der Waals surface area contributed by atoms with Gasteiger partial charge >= 0.3 is 0 Å². The Balaban J connectivity index is 2.15. The maximum Gasteiger partial charge on any atom is 0.165 e. The Morgan fingerprint density at radius 3 is 2.78 bits per heavy atom. The third-order valence-corrected chi connectivity index (χ3v) is 2.62. The molecule has 0 aliphatic carbocycles. The highest BCUT2D eigenvalue weighted by molar-refractivity contribution is 4.79. The average Bonchev–Trinajstić information content (AvgIpc) is 2.82. The van der Waals surface area contributed by atoms with Crippen molar-refractivity contribution >= 4 is 0 Å². The summed E-state index contributed by atoms with van der Waals surface area (Å²) in [6, 6.07) is 0. The number of hydrogen-bond acceptors (Lipinski definition) is 5. The Kier molecular flexibility index (Phi) is 8.33. The van der Waals surface area contributed by atoms with Crippen LogP contribution in [0.5, 0.6) is 0 Å². The molecule has 1 heterocycles. The lowest BCUT2D eigenvalue weighted by molar-refractivity contribution is 0.125. The first-order valence-electron chi connectivity index (χ1n) is 6.92. The van der Waals surface area contributed by atoms with E-state index in [1.165, 1.54) is 6.42 Å². The molecule has 104 valence electrons. The predicted octanol–water partition coefficient (Wildman–Crippen LogP) is 1.38. The smallest absolute Gasteiger partial charge is 0.165 e. The molecular formula is C12H25N5O. The Hall–Kier alpha value is -1.01. The first-order valence-corrected chi connectivity index (χ1v) is 6.92. The monoisotopic (exact) mass is 255 g/mol. The minimum Gasteiger partial charge on any atom is -0.381 e. The van der Waals surface area contributed by atoms with Crippen LogP contribution in [0.25, 0.3) is 0 Å². The molecule has 1 rings (SSSR count). The van der Waals surface area contributed by atoms with Gasteiger partial charge in [-0.15, -0.1) is 5.10 Å². The molecule has 0 bridgehead atoms. The number of aryl methyl sites for hydroxylation is 1. The van der Waals surface area contributed by atoms with Crippen LogP contribution in [0.3, 0.4) is 0 Å². The lowest BCUT2D eigenvalue weighted by Gasteiger charge is -2.06. The summed E-state index contributed by atoms with van der Waals surface area (Å²) in [5.74, 6) is 0.900. The fourth-order valence-electron chi connectivity index (χ4n) is 1.57. The van der Waals surface area contributed by atoms with Crippen LogP contribution in [-0.2, 0) is 17.8 Å². The van der Waals surface area contributed by atoms with Crippen molar-refractivity contribution in [1.82, 2.24) is 25.5 Å². The number of unbranched alkanes of at least 4 members (excludes halogenated alkanes) is 1. The molecule has 0 fully saturated rings. The van der Waals surface area contributed by atoms with Crippen LogP contribution >= 0.6 is 0 Å². The number of nitrogens with zero attached hydrogens (tertiary/aromatic N) is 4. The van der Waals surface area contributed by atoms with E-state index in [2.05, 4.69) is 34.7 Å². The van der Waals surface area contributed by atoms with Crippen molar-refractivity contribution in [2.24, 2.45) is 0 Å². The van der Waals surface area contributed by atoms with E-state index in [0.29, 0.717) is 0 Å². The van der Waals surface area contributed by atoms with E-state index in [0.717, 1.165) is 57.9 Å². The van der Waals surface area contributed by atoms with Gasteiger partial charge < -0.3 is 10.1 Å². The Morgan fingerprint density at radius 2 is 2.00 bits per heavy atom. The first-order chi connectivity index (χ1) is 8.88. The van der Waals surface area contributed by atoms with E-state index >= 15 is 0 Å². The number of hydrogen-bond donors (Lipinski definition) is 1. The third-order valence-electron chi connectivity index (χ3n) is 2.62. The van der Waals surface area contributed by atoms with Gasteiger partial charge in [0.1, 0.15) is 0 Å². The predicted molar refractivity (Wildman–Crippen MR) is 70.2 cm³/mol. The van der Waals surface area contributed by atoms with E-state index in [9.17, 15) is 0 Å². The molecule has 6 heteroatoms. The van der Waals surface area contributed by atoms with Gasteiger partial charge in [0, 0.05) is 19.8 Å². The van der Waals surface area contributed by atoms with Crippen molar-refractivity contribution < 1.29 is 4.74 Å². The summed E-state index contributed by atoms with van der Waals surface area (Å²) in [4.78, 5) is 0. The van der Waals surface area contributed by atoms with E-state index < -0.39 is 0 Å². The topological polar surface area (TPSA) is 64.9 Å². The van der Waals surface area contributed by atoms with E-state index in [-0.39, 0.29) is 0 Å². The molecule has 0 aliphatic rings. The van der Waals surface area contributed by atoms with E-state index in [1.807, 2.05) is 4.68 Å². The quantitative estimate of drug-likeness (QED) is 0.605. The zero-order chi connectivity index (χ0) is 13.1. The molecular weight excluding hydrogens is 230 g/mol. The van der Waals surface area contributed by atoms with Crippen molar-refractivity contribution in [1.29, 1.82) is 0 Å². The normalized spacial score (nSPS) is 11.0. The van der Waals surface area contributed by atoms with Gasteiger partial charge in [0.05, 0.1) is 6.54 Å². The second-order valence-corrected chi connectivity index (χ2v) is 4.31. The standard InChI is InChI=1S/C12H25N5O/c1-3-5-9-18-10-6-8-17-12(14-15-16-17)11-13-7-4-2/h13H,3-11H2,1-2H3. The van der Waals surface area contributed by atoms with Crippen LogP contribution < -0.4 is 5.32 Å². The molecule has 1 N–H and O–H groups in total. The van der Waals surface area contributed by atoms with Crippen molar-refractivity contribution in [3.8, 4) is 0 Å². The van der Waals surface area contributed by atoms with Crippen molar-refractivity contribution in [2.45, 2.75) is 52.6 Å². The maximum atomic E-state index is 5.51. The molecule has 0 radical (unpaired) electrons. The Morgan fingerprint density at radius 1 is 1.17 bits per heavy atom. The molecule has 0 unspecified atom stereocenters. The third kappa shape index (κ3) is 6.07. The summed E-state index contributed by atoms with van der Waals surface area (Å²) in [5.41, 5.74) is 0. The van der Waals surface area contributed by atoms with Crippen LogP contribution in [-0.4, -0.2) is 40.0 Å². The van der Waals surface area contributed by atoms with Gasteiger partial charge in [0.15, 0.2) is 5.82 Å². The van der Waals surface area contributed by atoms with Crippen molar-refractivity contribution in [3.63, 3.8) is 0 Å². The first kappa shape index (κ1) is 15.0. The number of tetrazole rings is 1. The zero-order valence-electron chi connectivity index (χ0n) is 11.6. The van der Waals surface area contributed by atoms with Gasteiger partial charge in [-0.05, 0) is 36.2 Å². The number of ether oxygens (including phenoxy) is 1. The van der Waals surface area contributed by atoms with Gasteiger partial charge in [0.2, 0.25) is 0 Å². The fraction of sp³-hybridized carbons (Fsp3) is 0.917. The molecule has 6 nitrogen and oxygen atoms in total. The summed E-state index contributed by atoms with van der Waals surface area (Å²) < 4.78 is 7.37. The average molecular weight is 255 g/mol. The minimum absolute atomic E-state index is 0.734. The molecule has 0 saturated carbocycles. The van der Waals surface area contributed by atoms with Crippen LogP contribution in [0.15, 0.2) is 0 Å². The van der Waals surface area contributed by atoms with Crippen LogP contribution in [0, 0.1) is 0 Å². The molecule has 0 amide bonds. The molecule has 1 aromatic rings. The minimum atomic E-state index is 0.734. The molecule has 0 atom stereocenters. The Bertz CT molecular complexity index is 302. The summed E-state index contributed by atoms with van der Waals surface area (Å²) in [6.45, 7) is 8.50. The maximum absolute atomic E-state index is 5.51. The van der Waals surface area contributed by atoms with Gasteiger partial charge in [-0.3, -0.25) is 0 Å². The molecule has 18 heavy (non-hydrogen) atoms. The van der Waals surface area contributed by atoms with Crippen molar-refractivity contribution in [3.05, 3.63) is 5.82 Å². The fourth-order valence-corrected chi connectivity index (χ4v) is 1.57. The zero-order valence-corrected chi connectivity index (χ0v) is 11.6. The molecule has 0 aromatic carbocycles. The largest absolute Gasteiger partial charge is 0.381 e. The lowest BCUT2D eigenvalue weighted by atomic mass is 10.3. The summed E-state index contributed by atoms with van der Waals surface area (Å²) >= 11 is 0. The Labute approximate surface area is 109 Å².